The fraction of sp³-hybridized carbons (Fsp3) is 0.900. The largest absolute Gasteiger partial charge is 0.481 e. The molecular weight excluding hydrogens is 168 g/mol. The highest BCUT2D eigenvalue weighted by Gasteiger charge is 2.23. The van der Waals surface area contributed by atoms with E-state index in [1.165, 1.54) is 0 Å². The summed E-state index contributed by atoms with van der Waals surface area (Å²) >= 11 is 0. The molecule has 0 fully saturated rings. The van der Waals surface area contributed by atoms with Gasteiger partial charge in [-0.2, -0.15) is 0 Å². The van der Waals surface area contributed by atoms with Gasteiger partial charge in [0.2, 0.25) is 0 Å². The number of hydrogen-bond acceptors (Lipinski definition) is 2. The molecular formula is C10H20O3. The van der Waals surface area contributed by atoms with E-state index >= 15 is 0 Å². The van der Waals surface area contributed by atoms with Crippen molar-refractivity contribution in [2.24, 2.45) is 5.92 Å². The van der Waals surface area contributed by atoms with E-state index in [0.717, 1.165) is 12.8 Å². The lowest BCUT2D eigenvalue weighted by atomic mass is 9.93. The van der Waals surface area contributed by atoms with Crippen LogP contribution in [0.5, 0.6) is 0 Å². The first-order chi connectivity index (χ1) is 5.83. The molecule has 0 aromatic rings. The molecule has 0 aromatic heterocycles. The van der Waals surface area contributed by atoms with Crippen molar-refractivity contribution in [2.45, 2.75) is 52.1 Å². The van der Waals surface area contributed by atoms with Crippen molar-refractivity contribution < 1.29 is 15.0 Å². The number of carboxylic acids is 1. The maximum Gasteiger partial charge on any atom is 0.306 e. The second-order valence-corrected chi connectivity index (χ2v) is 4.35. The summed E-state index contributed by atoms with van der Waals surface area (Å²) in [4.78, 5) is 10.4. The van der Waals surface area contributed by atoms with Crippen molar-refractivity contribution >= 4 is 5.97 Å². The molecule has 0 aliphatic carbocycles. The summed E-state index contributed by atoms with van der Waals surface area (Å²) in [5, 5.41) is 18.1. The molecule has 1 atom stereocenters. The number of carbonyl (C=O) groups is 1. The molecule has 0 rings (SSSR count). The van der Waals surface area contributed by atoms with E-state index in [0.29, 0.717) is 12.3 Å². The fourth-order valence-corrected chi connectivity index (χ4v) is 1.31. The predicted molar refractivity (Wildman–Crippen MR) is 51.6 cm³/mol. The van der Waals surface area contributed by atoms with Gasteiger partial charge in [0.05, 0.1) is 12.0 Å². The molecule has 13 heavy (non-hydrogen) atoms. The topological polar surface area (TPSA) is 57.5 Å². The van der Waals surface area contributed by atoms with Crippen molar-refractivity contribution in [3.8, 4) is 0 Å². The normalized spacial score (nSPS) is 15.8. The summed E-state index contributed by atoms with van der Waals surface area (Å²) in [6, 6.07) is 0. The Balaban J connectivity index is 3.69. The molecule has 0 aliphatic heterocycles. The van der Waals surface area contributed by atoms with Crippen LogP contribution < -0.4 is 0 Å². The molecule has 0 saturated heterocycles. The molecule has 0 saturated carbocycles. The van der Waals surface area contributed by atoms with Gasteiger partial charge in [-0.3, -0.25) is 4.79 Å². The Morgan fingerprint density at radius 2 is 2.00 bits per heavy atom. The van der Waals surface area contributed by atoms with Crippen LogP contribution in [0.25, 0.3) is 0 Å². The summed E-state index contributed by atoms with van der Waals surface area (Å²) in [5.41, 5.74) is -1.04. The third-order valence-electron chi connectivity index (χ3n) is 2.03. The zero-order valence-electron chi connectivity index (χ0n) is 8.71. The Kier molecular flexibility index (Phi) is 4.99. The highest BCUT2D eigenvalue weighted by molar-refractivity contribution is 5.67. The molecule has 0 amide bonds. The highest BCUT2D eigenvalue weighted by atomic mass is 16.4. The van der Waals surface area contributed by atoms with Crippen molar-refractivity contribution in [1.82, 2.24) is 0 Å². The average molecular weight is 188 g/mol. The summed E-state index contributed by atoms with van der Waals surface area (Å²) in [6.45, 7) is 5.82. The number of rotatable bonds is 6. The Labute approximate surface area is 79.8 Å². The maximum atomic E-state index is 10.4. The third kappa shape index (κ3) is 7.78. The van der Waals surface area contributed by atoms with Crippen LogP contribution in [-0.4, -0.2) is 21.8 Å². The van der Waals surface area contributed by atoms with Crippen molar-refractivity contribution in [3.05, 3.63) is 0 Å². The smallest absolute Gasteiger partial charge is 0.306 e. The Morgan fingerprint density at radius 3 is 2.38 bits per heavy atom. The quantitative estimate of drug-likeness (QED) is 0.670. The van der Waals surface area contributed by atoms with Crippen molar-refractivity contribution in [3.63, 3.8) is 0 Å². The first kappa shape index (κ1) is 12.4. The Morgan fingerprint density at radius 1 is 1.46 bits per heavy atom. The van der Waals surface area contributed by atoms with E-state index < -0.39 is 11.6 Å². The standard InChI is InChI=1S/C10H20O3/c1-8(2)5-4-6-10(3,13)7-9(11)12/h8,13H,4-7H2,1-3H3,(H,11,12)/t10-/m0/s1. The molecule has 3 heteroatoms. The van der Waals surface area contributed by atoms with Gasteiger partial charge in [-0.15, -0.1) is 0 Å². The second kappa shape index (κ2) is 5.22. The van der Waals surface area contributed by atoms with Gasteiger partial charge in [0, 0.05) is 0 Å². The number of hydrogen-bond donors (Lipinski definition) is 2. The molecule has 2 N–H and O–H groups in total. The van der Waals surface area contributed by atoms with Crippen LogP contribution in [0.3, 0.4) is 0 Å². The van der Waals surface area contributed by atoms with Gasteiger partial charge in [-0.1, -0.05) is 26.7 Å². The molecule has 0 bridgehead atoms. The minimum Gasteiger partial charge on any atom is -0.481 e. The number of aliphatic carboxylic acids is 1. The van der Waals surface area contributed by atoms with Crippen molar-refractivity contribution in [1.29, 1.82) is 0 Å². The van der Waals surface area contributed by atoms with Crippen LogP contribution in [0.2, 0.25) is 0 Å². The van der Waals surface area contributed by atoms with Gasteiger partial charge >= 0.3 is 5.97 Å². The summed E-state index contributed by atoms with van der Waals surface area (Å²) in [5.74, 6) is -0.324. The first-order valence-corrected chi connectivity index (χ1v) is 4.77. The van der Waals surface area contributed by atoms with Gasteiger partial charge < -0.3 is 10.2 Å². The molecule has 3 nitrogen and oxygen atoms in total. The lowest BCUT2D eigenvalue weighted by Gasteiger charge is -2.21. The SMILES string of the molecule is CC(C)CCC[C@](C)(O)CC(=O)O. The van der Waals surface area contributed by atoms with E-state index in [1.807, 2.05) is 0 Å². The molecule has 0 spiro atoms. The van der Waals surface area contributed by atoms with E-state index in [-0.39, 0.29) is 6.42 Å². The first-order valence-electron chi connectivity index (χ1n) is 4.77. The molecule has 0 aromatic carbocycles. The van der Waals surface area contributed by atoms with Gasteiger partial charge in [0.25, 0.3) is 0 Å². The summed E-state index contributed by atoms with van der Waals surface area (Å²) in [6.07, 6.45) is 2.33. The van der Waals surface area contributed by atoms with Crippen LogP contribution in [0, 0.1) is 5.92 Å². The van der Waals surface area contributed by atoms with Gasteiger partial charge in [-0.25, -0.2) is 0 Å². The fourth-order valence-electron chi connectivity index (χ4n) is 1.31. The van der Waals surface area contributed by atoms with E-state index in [9.17, 15) is 9.90 Å². The lowest BCUT2D eigenvalue weighted by Crippen LogP contribution is -2.27. The average Bonchev–Trinajstić information content (AvgIpc) is 1.81. The predicted octanol–water partition coefficient (Wildman–Crippen LogP) is 2.04. The molecule has 0 aliphatic rings. The Bertz CT molecular complexity index is 162. The second-order valence-electron chi connectivity index (χ2n) is 4.35. The molecule has 0 unspecified atom stereocenters. The minimum absolute atomic E-state index is 0.162. The van der Waals surface area contributed by atoms with E-state index in [2.05, 4.69) is 13.8 Å². The Hall–Kier alpha value is -0.570. The van der Waals surface area contributed by atoms with E-state index in [4.69, 9.17) is 5.11 Å². The maximum absolute atomic E-state index is 10.4. The monoisotopic (exact) mass is 188 g/mol. The number of carboxylic acid groups (broad SMARTS) is 1. The molecule has 0 radical (unpaired) electrons. The zero-order valence-corrected chi connectivity index (χ0v) is 8.71. The van der Waals surface area contributed by atoms with E-state index in [1.54, 1.807) is 6.92 Å². The zero-order chi connectivity index (χ0) is 10.5. The summed E-state index contributed by atoms with van der Waals surface area (Å²) < 4.78 is 0. The van der Waals surface area contributed by atoms with Crippen LogP contribution >= 0.6 is 0 Å². The molecule has 78 valence electrons. The van der Waals surface area contributed by atoms with Crippen LogP contribution in [0.4, 0.5) is 0 Å². The summed E-state index contributed by atoms with van der Waals surface area (Å²) in [7, 11) is 0. The lowest BCUT2D eigenvalue weighted by molar-refractivity contribution is -0.142. The number of aliphatic hydroxyl groups is 1. The minimum atomic E-state index is -1.04. The highest BCUT2D eigenvalue weighted by Crippen LogP contribution is 2.19. The third-order valence-corrected chi connectivity index (χ3v) is 2.03. The van der Waals surface area contributed by atoms with Crippen molar-refractivity contribution in [2.75, 3.05) is 0 Å². The van der Waals surface area contributed by atoms with Crippen LogP contribution in [0.15, 0.2) is 0 Å². The van der Waals surface area contributed by atoms with Gasteiger partial charge in [0.1, 0.15) is 0 Å². The van der Waals surface area contributed by atoms with Gasteiger partial charge in [-0.05, 0) is 19.3 Å². The van der Waals surface area contributed by atoms with Gasteiger partial charge in [0.15, 0.2) is 0 Å². The van der Waals surface area contributed by atoms with Crippen LogP contribution in [-0.2, 0) is 4.79 Å². The van der Waals surface area contributed by atoms with Crippen LogP contribution in [0.1, 0.15) is 46.5 Å². The molecule has 0 heterocycles.